The van der Waals surface area contributed by atoms with Crippen LogP contribution in [0, 0.1) is 5.82 Å². The second-order valence-corrected chi connectivity index (χ2v) is 10.1. The van der Waals surface area contributed by atoms with Crippen molar-refractivity contribution in [3.63, 3.8) is 0 Å². The van der Waals surface area contributed by atoms with Crippen LogP contribution in [0.1, 0.15) is 53.7 Å². The molecule has 1 fully saturated rings. The molecule has 1 unspecified atom stereocenters. The molecule has 4 heterocycles. The smallest absolute Gasteiger partial charge is 0.412 e. The monoisotopic (exact) mass is 533 g/mol. The van der Waals surface area contributed by atoms with Gasteiger partial charge in [0.15, 0.2) is 11.4 Å². The van der Waals surface area contributed by atoms with E-state index in [2.05, 4.69) is 34.5 Å². The Bertz CT molecular complexity index is 1570. The normalized spacial score (nSPS) is 19.7. The lowest BCUT2D eigenvalue weighted by Crippen LogP contribution is -2.53. The van der Waals surface area contributed by atoms with Crippen molar-refractivity contribution in [1.29, 1.82) is 0 Å². The average Bonchev–Trinajstić information content (AvgIpc) is 3.40. The molecule has 38 heavy (non-hydrogen) atoms. The van der Waals surface area contributed by atoms with E-state index in [9.17, 15) is 9.59 Å². The number of carbonyl (C=O) groups is 2. The summed E-state index contributed by atoms with van der Waals surface area (Å²) in [5.74, 6) is -0.906. The van der Waals surface area contributed by atoms with Gasteiger partial charge in [-0.15, -0.1) is 0 Å². The molecule has 0 bridgehead atoms. The summed E-state index contributed by atoms with van der Waals surface area (Å²) in [4.78, 5) is 31.7. The first-order valence-corrected chi connectivity index (χ1v) is 12.9. The number of hydrogen-bond acceptors (Lipinski definition) is 5. The number of fused-ring (bicyclic) bond motifs is 3. The molecule has 8 nitrogen and oxygen atoms in total. The van der Waals surface area contributed by atoms with E-state index < -0.39 is 17.5 Å². The molecule has 2 aromatic heterocycles. The van der Waals surface area contributed by atoms with Crippen molar-refractivity contribution in [2.24, 2.45) is 0 Å². The number of anilines is 1. The maximum absolute atomic E-state index is 15.2. The van der Waals surface area contributed by atoms with E-state index in [1.165, 1.54) is 6.07 Å². The number of rotatable bonds is 4. The second-order valence-electron chi connectivity index (χ2n) is 9.74. The van der Waals surface area contributed by atoms with Gasteiger partial charge in [0.1, 0.15) is 0 Å². The molecule has 2 atom stereocenters. The van der Waals surface area contributed by atoms with Crippen LogP contribution in [-0.2, 0) is 10.3 Å². The molecule has 4 aromatic rings. The van der Waals surface area contributed by atoms with Gasteiger partial charge in [0.05, 0.1) is 40.6 Å². The van der Waals surface area contributed by atoms with Gasteiger partial charge in [-0.3, -0.25) is 19.8 Å². The Labute approximate surface area is 223 Å². The van der Waals surface area contributed by atoms with E-state index in [0.29, 0.717) is 30.6 Å². The van der Waals surface area contributed by atoms with Crippen LogP contribution in [0.3, 0.4) is 0 Å². The van der Waals surface area contributed by atoms with Gasteiger partial charge < -0.3 is 9.64 Å². The van der Waals surface area contributed by atoms with Crippen LogP contribution >= 0.6 is 11.6 Å². The molecule has 2 aromatic carbocycles. The van der Waals surface area contributed by atoms with Crippen LogP contribution in [0.15, 0.2) is 61.2 Å². The van der Waals surface area contributed by atoms with Crippen molar-refractivity contribution < 1.29 is 18.7 Å². The third kappa shape index (κ3) is 4.07. The molecule has 1 N–H and O–H groups in total. The molecule has 194 valence electrons. The number of nitrogens with zero attached hydrogens (tertiary/aromatic N) is 4. The third-order valence-electron chi connectivity index (χ3n) is 7.42. The first-order chi connectivity index (χ1) is 18.4. The largest absolute Gasteiger partial charge is 0.436 e. The van der Waals surface area contributed by atoms with Crippen LogP contribution in [-0.4, -0.2) is 44.8 Å². The standard InChI is InChI=1S/C28H25ClFN5O3/c1-2-23(18-4-5-19-13-31-10-8-17(19)12-18)35-15-20(14-32-35)26(36)34-11-3-9-28(16-34)24-22(33-27(37)38-28)7-6-21(29)25(24)30/h4-8,10,12-15,23H,2-3,9,11,16H2,1H3,(H,33,37)/t23?,28-/m0/s1. The van der Waals surface area contributed by atoms with E-state index >= 15 is 4.39 Å². The van der Waals surface area contributed by atoms with E-state index in [1.807, 2.05) is 18.3 Å². The van der Waals surface area contributed by atoms with Gasteiger partial charge in [-0.2, -0.15) is 5.10 Å². The molecule has 0 saturated carbocycles. The first kappa shape index (κ1) is 24.4. The number of likely N-dealkylation sites (tertiary alicyclic amines) is 1. The molecule has 2 aliphatic rings. The van der Waals surface area contributed by atoms with Crippen molar-refractivity contribution in [3.05, 3.63) is 88.7 Å². The predicted molar refractivity (Wildman–Crippen MR) is 141 cm³/mol. The number of carbonyl (C=O) groups excluding carboxylic acids is 2. The molecule has 2 amide bonds. The van der Waals surface area contributed by atoms with Crippen LogP contribution < -0.4 is 5.32 Å². The average molecular weight is 534 g/mol. The number of halogens is 2. The Morgan fingerprint density at radius 2 is 2.11 bits per heavy atom. The molecule has 10 heteroatoms. The summed E-state index contributed by atoms with van der Waals surface area (Å²) in [5, 5.41) is 9.14. The van der Waals surface area contributed by atoms with Gasteiger partial charge in [-0.25, -0.2) is 9.18 Å². The first-order valence-electron chi connectivity index (χ1n) is 12.5. The zero-order valence-corrected chi connectivity index (χ0v) is 21.4. The van der Waals surface area contributed by atoms with Crippen molar-refractivity contribution in [3.8, 4) is 0 Å². The van der Waals surface area contributed by atoms with Crippen molar-refractivity contribution in [1.82, 2.24) is 19.7 Å². The molecule has 2 aliphatic heterocycles. The van der Waals surface area contributed by atoms with Gasteiger partial charge in [0.2, 0.25) is 0 Å². The van der Waals surface area contributed by atoms with Crippen LogP contribution in [0.2, 0.25) is 5.02 Å². The van der Waals surface area contributed by atoms with Crippen LogP contribution in [0.25, 0.3) is 10.8 Å². The summed E-state index contributed by atoms with van der Waals surface area (Å²) in [6, 6.07) is 11.1. The highest BCUT2D eigenvalue weighted by atomic mass is 35.5. The topological polar surface area (TPSA) is 89.4 Å². The summed E-state index contributed by atoms with van der Waals surface area (Å²) in [6.45, 7) is 2.54. The maximum Gasteiger partial charge on any atom is 0.412 e. The summed E-state index contributed by atoms with van der Waals surface area (Å²) in [6.07, 6.45) is 7.89. The zero-order chi connectivity index (χ0) is 26.4. The summed E-state index contributed by atoms with van der Waals surface area (Å²) in [7, 11) is 0. The van der Waals surface area contributed by atoms with E-state index in [-0.39, 0.29) is 29.1 Å². The highest BCUT2D eigenvalue weighted by Gasteiger charge is 2.48. The SMILES string of the molecule is CCC(c1ccc2cnccc2c1)n1cc(C(=O)N2CCC[C@@]3(C2)OC(=O)Nc2ccc(Cl)c(F)c23)cn1. The summed E-state index contributed by atoms with van der Waals surface area (Å²) in [5.41, 5.74) is 0.661. The maximum atomic E-state index is 15.2. The van der Waals surface area contributed by atoms with Crippen LogP contribution in [0.4, 0.5) is 14.9 Å². The number of aromatic nitrogens is 3. The van der Waals surface area contributed by atoms with Crippen molar-refractivity contribution in [2.45, 2.75) is 37.8 Å². The third-order valence-corrected chi connectivity index (χ3v) is 7.71. The van der Waals surface area contributed by atoms with Gasteiger partial charge in [-0.1, -0.05) is 30.7 Å². The molecule has 1 spiro atoms. The van der Waals surface area contributed by atoms with Crippen molar-refractivity contribution in [2.75, 3.05) is 18.4 Å². The van der Waals surface area contributed by atoms with Gasteiger partial charge in [-0.05, 0) is 54.5 Å². The van der Waals surface area contributed by atoms with Gasteiger partial charge in [0, 0.05) is 30.5 Å². The lowest BCUT2D eigenvalue weighted by Gasteiger charge is -2.45. The van der Waals surface area contributed by atoms with Crippen LogP contribution in [0.5, 0.6) is 0 Å². The zero-order valence-electron chi connectivity index (χ0n) is 20.7. The fourth-order valence-electron chi connectivity index (χ4n) is 5.63. The van der Waals surface area contributed by atoms with E-state index in [0.717, 1.165) is 22.8 Å². The quantitative estimate of drug-likeness (QED) is 0.352. The molecule has 1 saturated heterocycles. The lowest BCUT2D eigenvalue weighted by atomic mass is 9.83. The van der Waals surface area contributed by atoms with Crippen molar-refractivity contribution >= 4 is 40.1 Å². The predicted octanol–water partition coefficient (Wildman–Crippen LogP) is 5.92. The number of hydrogen-bond donors (Lipinski definition) is 1. The number of ether oxygens (including phenoxy) is 1. The Morgan fingerprint density at radius 1 is 1.24 bits per heavy atom. The minimum atomic E-state index is -1.32. The molecular weight excluding hydrogens is 509 g/mol. The fraction of sp³-hybridized carbons (Fsp3) is 0.286. The highest BCUT2D eigenvalue weighted by Crippen LogP contribution is 2.45. The van der Waals surface area contributed by atoms with E-state index in [4.69, 9.17) is 16.3 Å². The Hall–Kier alpha value is -3.98. The number of benzene rings is 2. The Kier molecular flexibility index (Phi) is 6.03. The fourth-order valence-corrected chi connectivity index (χ4v) is 5.79. The molecule has 0 radical (unpaired) electrons. The second kappa shape index (κ2) is 9.40. The summed E-state index contributed by atoms with van der Waals surface area (Å²) >= 11 is 6.07. The summed E-state index contributed by atoms with van der Waals surface area (Å²) < 4.78 is 22.7. The minimum Gasteiger partial charge on any atom is -0.436 e. The lowest BCUT2D eigenvalue weighted by molar-refractivity contribution is -0.0418. The minimum absolute atomic E-state index is 0.0185. The van der Waals surface area contributed by atoms with Gasteiger partial charge >= 0.3 is 6.09 Å². The molecule has 0 aliphatic carbocycles. The molecular formula is C28H25ClFN5O3. The highest BCUT2D eigenvalue weighted by molar-refractivity contribution is 6.31. The Morgan fingerprint density at radius 3 is 2.95 bits per heavy atom. The molecule has 6 rings (SSSR count). The number of pyridine rings is 1. The van der Waals surface area contributed by atoms with Gasteiger partial charge in [0.25, 0.3) is 5.91 Å². The number of piperidine rings is 1. The Balaban J connectivity index is 1.28. The number of nitrogens with one attached hydrogen (secondary N) is 1. The number of amides is 2. The van der Waals surface area contributed by atoms with E-state index in [1.54, 1.807) is 34.2 Å².